The molecule has 3 aromatic rings. The summed E-state index contributed by atoms with van der Waals surface area (Å²) in [5, 5.41) is 8.43. The van der Waals surface area contributed by atoms with Crippen LogP contribution in [0.15, 0.2) is 55.1 Å². The van der Waals surface area contributed by atoms with Crippen LogP contribution in [0.3, 0.4) is 0 Å². The predicted molar refractivity (Wildman–Crippen MR) is 132 cm³/mol. The fourth-order valence-corrected chi connectivity index (χ4v) is 4.12. The summed E-state index contributed by atoms with van der Waals surface area (Å²) in [5.74, 6) is -0.909. The van der Waals surface area contributed by atoms with Crippen molar-refractivity contribution in [2.75, 3.05) is 25.6 Å². The van der Waals surface area contributed by atoms with Crippen molar-refractivity contribution in [3.63, 3.8) is 0 Å². The molecule has 2 heterocycles. The van der Waals surface area contributed by atoms with E-state index in [4.69, 9.17) is 21.1 Å². The fraction of sp³-hybridized carbons (Fsp3) is 0.280. The van der Waals surface area contributed by atoms with Crippen LogP contribution < -0.4 is 20.7 Å². The molecule has 1 aliphatic rings. The smallest absolute Gasteiger partial charge is 0.418 e. The van der Waals surface area contributed by atoms with Gasteiger partial charge in [-0.25, -0.2) is 9.97 Å². The number of nitrogens with zero attached hydrogens (tertiary/aromatic N) is 2. The minimum atomic E-state index is -4.60. The highest BCUT2D eigenvalue weighted by Gasteiger charge is 2.44. The lowest BCUT2D eigenvalue weighted by Crippen LogP contribution is -2.59. The van der Waals surface area contributed by atoms with Crippen molar-refractivity contribution in [3.05, 3.63) is 76.8 Å². The van der Waals surface area contributed by atoms with Crippen molar-refractivity contribution < 1.29 is 32.2 Å². The van der Waals surface area contributed by atoms with Crippen LogP contribution in [0.1, 0.15) is 27.9 Å². The number of alkyl halides is 3. The SMILES string of the molecule is COc1ccc(Nc2ccc(CNC(=O)[C@]3(NC(=O)c4cncnc4)CCOC3)c(Cl)c2)c(C(F)(F)F)c1. The number of amides is 2. The summed E-state index contributed by atoms with van der Waals surface area (Å²) >= 11 is 6.37. The Morgan fingerprint density at radius 1 is 1.16 bits per heavy atom. The predicted octanol–water partition coefficient (Wildman–Crippen LogP) is 4.11. The van der Waals surface area contributed by atoms with Gasteiger partial charge in [0.05, 0.1) is 30.5 Å². The van der Waals surface area contributed by atoms with Gasteiger partial charge >= 0.3 is 6.18 Å². The summed E-state index contributed by atoms with van der Waals surface area (Å²) in [6.45, 7) is 0.282. The first kappa shape index (κ1) is 27.1. The van der Waals surface area contributed by atoms with Gasteiger partial charge in [0.15, 0.2) is 0 Å². The number of hydrogen-bond acceptors (Lipinski definition) is 7. The third kappa shape index (κ3) is 6.14. The molecule has 1 aromatic heterocycles. The largest absolute Gasteiger partial charge is 0.497 e. The minimum absolute atomic E-state index is 0.0142. The van der Waals surface area contributed by atoms with E-state index < -0.39 is 29.1 Å². The maximum Gasteiger partial charge on any atom is 0.418 e. The van der Waals surface area contributed by atoms with E-state index in [1.165, 1.54) is 44.0 Å². The summed E-state index contributed by atoms with van der Waals surface area (Å²) < 4.78 is 50.8. The van der Waals surface area contributed by atoms with E-state index in [0.29, 0.717) is 11.3 Å². The maximum absolute atomic E-state index is 13.5. The van der Waals surface area contributed by atoms with Gasteiger partial charge in [-0.05, 0) is 35.9 Å². The van der Waals surface area contributed by atoms with Crippen molar-refractivity contribution in [2.45, 2.75) is 24.7 Å². The molecule has 1 saturated heterocycles. The Morgan fingerprint density at radius 2 is 1.92 bits per heavy atom. The second-order valence-corrected chi connectivity index (χ2v) is 8.90. The van der Waals surface area contributed by atoms with Gasteiger partial charge in [-0.2, -0.15) is 13.2 Å². The molecule has 0 spiro atoms. The summed E-state index contributed by atoms with van der Waals surface area (Å²) in [6, 6.07) is 8.17. The Balaban J connectivity index is 1.44. The Bertz CT molecular complexity index is 1320. The number of carbonyl (C=O) groups is 2. The van der Waals surface area contributed by atoms with E-state index in [1.54, 1.807) is 12.1 Å². The topological polar surface area (TPSA) is 114 Å². The molecule has 1 fully saturated rings. The monoisotopic (exact) mass is 549 g/mol. The first-order valence-corrected chi connectivity index (χ1v) is 11.7. The van der Waals surface area contributed by atoms with Gasteiger partial charge in [-0.3, -0.25) is 9.59 Å². The molecule has 13 heteroatoms. The quantitative estimate of drug-likeness (QED) is 0.387. The van der Waals surface area contributed by atoms with E-state index in [1.807, 2.05) is 0 Å². The van der Waals surface area contributed by atoms with Crippen molar-refractivity contribution in [1.29, 1.82) is 0 Å². The average Bonchev–Trinajstić information content (AvgIpc) is 3.38. The van der Waals surface area contributed by atoms with Crippen molar-refractivity contribution >= 4 is 34.8 Å². The van der Waals surface area contributed by atoms with E-state index in [-0.39, 0.29) is 48.2 Å². The van der Waals surface area contributed by atoms with Crippen molar-refractivity contribution in [2.24, 2.45) is 0 Å². The molecule has 1 atom stereocenters. The standard InChI is InChI=1S/C25H23ClF3N5O4/c1-37-18-4-5-21(19(9-18)25(27,28)29)33-17-3-2-15(20(26)8-17)12-32-23(36)24(6-7-38-13-24)34-22(35)16-10-30-14-31-11-16/h2-5,8-11,14,33H,6-7,12-13H2,1H3,(H,32,36)(H,34,35)/t24-/m0/s1. The zero-order valence-electron chi connectivity index (χ0n) is 20.1. The Labute approximate surface area is 220 Å². The summed E-state index contributed by atoms with van der Waals surface area (Å²) in [5.41, 5.74) is -1.31. The van der Waals surface area contributed by atoms with Gasteiger partial charge in [-0.15, -0.1) is 0 Å². The Morgan fingerprint density at radius 3 is 2.55 bits per heavy atom. The van der Waals surface area contributed by atoms with Crippen molar-refractivity contribution in [1.82, 2.24) is 20.6 Å². The highest BCUT2D eigenvalue weighted by atomic mass is 35.5. The second kappa shape index (κ2) is 11.2. The molecular formula is C25H23ClF3N5O4. The first-order chi connectivity index (χ1) is 18.1. The molecule has 0 bridgehead atoms. The maximum atomic E-state index is 13.5. The lowest BCUT2D eigenvalue weighted by Gasteiger charge is -2.27. The number of halogens is 4. The number of methoxy groups -OCH3 is 1. The zero-order valence-corrected chi connectivity index (χ0v) is 20.8. The summed E-state index contributed by atoms with van der Waals surface area (Å²) in [6.07, 6.45) is -0.383. The molecule has 4 rings (SSSR count). The van der Waals surface area contributed by atoms with Gasteiger partial charge < -0.3 is 25.4 Å². The number of hydrogen-bond donors (Lipinski definition) is 3. The molecule has 9 nitrogen and oxygen atoms in total. The highest BCUT2D eigenvalue weighted by Crippen LogP contribution is 2.38. The molecule has 2 amide bonds. The van der Waals surface area contributed by atoms with E-state index >= 15 is 0 Å². The molecule has 2 aromatic carbocycles. The summed E-state index contributed by atoms with van der Waals surface area (Å²) in [4.78, 5) is 33.3. The number of ether oxygens (including phenoxy) is 2. The van der Waals surface area contributed by atoms with Crippen LogP contribution in [-0.4, -0.2) is 47.6 Å². The van der Waals surface area contributed by atoms with Gasteiger partial charge in [0, 0.05) is 42.7 Å². The molecule has 0 aliphatic carbocycles. The van der Waals surface area contributed by atoms with Crippen LogP contribution in [0, 0.1) is 0 Å². The van der Waals surface area contributed by atoms with E-state index in [9.17, 15) is 22.8 Å². The molecule has 0 radical (unpaired) electrons. The highest BCUT2D eigenvalue weighted by molar-refractivity contribution is 6.31. The van der Waals surface area contributed by atoms with Crippen LogP contribution in [0.4, 0.5) is 24.5 Å². The number of benzene rings is 2. The molecule has 38 heavy (non-hydrogen) atoms. The molecule has 1 aliphatic heterocycles. The number of rotatable bonds is 8. The van der Waals surface area contributed by atoms with Crippen LogP contribution in [-0.2, 0) is 22.3 Å². The van der Waals surface area contributed by atoms with Gasteiger partial charge in [0.25, 0.3) is 5.91 Å². The number of carbonyl (C=O) groups excluding carboxylic acids is 2. The average molecular weight is 550 g/mol. The lowest BCUT2D eigenvalue weighted by molar-refractivity contribution is -0.137. The van der Waals surface area contributed by atoms with Crippen LogP contribution in [0.25, 0.3) is 0 Å². The third-order valence-electron chi connectivity index (χ3n) is 5.94. The second-order valence-electron chi connectivity index (χ2n) is 8.49. The summed E-state index contributed by atoms with van der Waals surface area (Å²) in [7, 11) is 1.29. The Hall–Kier alpha value is -3.90. The van der Waals surface area contributed by atoms with Gasteiger partial charge in [0.1, 0.15) is 17.6 Å². The normalized spacial score (nSPS) is 17.1. The van der Waals surface area contributed by atoms with Crippen LogP contribution in [0.5, 0.6) is 5.75 Å². The van der Waals surface area contributed by atoms with E-state index in [0.717, 1.165) is 6.07 Å². The minimum Gasteiger partial charge on any atom is -0.497 e. The fourth-order valence-electron chi connectivity index (χ4n) is 3.87. The number of nitrogens with one attached hydrogen (secondary N) is 3. The molecule has 200 valence electrons. The van der Waals surface area contributed by atoms with Gasteiger partial charge in [0.2, 0.25) is 5.91 Å². The Kier molecular flexibility index (Phi) is 8.02. The van der Waals surface area contributed by atoms with Crippen LogP contribution >= 0.6 is 11.6 Å². The van der Waals surface area contributed by atoms with E-state index in [2.05, 4.69) is 25.9 Å². The molecule has 3 N–H and O–H groups in total. The third-order valence-corrected chi connectivity index (χ3v) is 6.29. The molecular weight excluding hydrogens is 527 g/mol. The van der Waals surface area contributed by atoms with Crippen molar-refractivity contribution in [3.8, 4) is 5.75 Å². The zero-order chi connectivity index (χ0) is 27.3. The first-order valence-electron chi connectivity index (χ1n) is 11.4. The van der Waals surface area contributed by atoms with Gasteiger partial charge in [-0.1, -0.05) is 17.7 Å². The molecule has 0 unspecified atom stereocenters. The van der Waals surface area contributed by atoms with Crippen LogP contribution in [0.2, 0.25) is 5.02 Å². The lowest BCUT2D eigenvalue weighted by atomic mass is 9.96. The number of aromatic nitrogens is 2. The number of anilines is 2. The molecule has 0 saturated carbocycles.